The number of aliphatic hydroxyl groups is 1. The Bertz CT molecular complexity index is 763. The van der Waals surface area contributed by atoms with Crippen molar-refractivity contribution < 1.29 is 19.4 Å². The number of piperidine rings is 1. The van der Waals surface area contributed by atoms with Gasteiger partial charge in [-0.1, -0.05) is 0 Å². The van der Waals surface area contributed by atoms with Crippen LogP contribution in [0.3, 0.4) is 0 Å². The molecule has 134 valence electrons. The molecule has 2 aromatic rings. The van der Waals surface area contributed by atoms with Crippen LogP contribution in [0.2, 0.25) is 0 Å². The van der Waals surface area contributed by atoms with E-state index in [-0.39, 0.29) is 5.91 Å². The summed E-state index contributed by atoms with van der Waals surface area (Å²) in [5, 5.41) is 10.9. The maximum Gasteiger partial charge on any atom is 0.257 e. The Balaban J connectivity index is 1.75. The first-order valence-corrected chi connectivity index (χ1v) is 8.20. The number of hydrogen-bond donors (Lipinski definition) is 1. The lowest BCUT2D eigenvalue weighted by atomic mass is 9.90. The molecule has 0 atom stereocenters. The number of benzene rings is 1. The predicted molar refractivity (Wildman–Crippen MR) is 91.8 cm³/mol. The van der Waals surface area contributed by atoms with Crippen LogP contribution in [0.15, 0.2) is 30.6 Å². The summed E-state index contributed by atoms with van der Waals surface area (Å²) in [7, 11) is 4.96. The molecule has 1 N–H and O–H groups in total. The predicted octanol–water partition coefficient (Wildman–Crippen LogP) is 1.56. The van der Waals surface area contributed by atoms with Gasteiger partial charge in [-0.3, -0.25) is 4.79 Å². The number of methoxy groups -OCH3 is 2. The second kappa shape index (κ2) is 6.76. The van der Waals surface area contributed by atoms with Crippen LogP contribution in [0.4, 0.5) is 0 Å². The molecule has 0 radical (unpaired) electrons. The Morgan fingerprint density at radius 1 is 1.24 bits per heavy atom. The Morgan fingerprint density at radius 3 is 2.52 bits per heavy atom. The minimum atomic E-state index is -1.00. The molecule has 7 nitrogen and oxygen atoms in total. The molecule has 1 aliphatic heterocycles. The van der Waals surface area contributed by atoms with E-state index < -0.39 is 5.60 Å². The van der Waals surface area contributed by atoms with E-state index in [1.807, 2.05) is 17.8 Å². The summed E-state index contributed by atoms with van der Waals surface area (Å²) >= 11 is 0. The van der Waals surface area contributed by atoms with Crippen molar-refractivity contribution >= 4 is 5.91 Å². The SMILES string of the molecule is COc1ccc(C(=O)N2CCC(O)(c3nccn3C)CC2)c(OC)c1. The van der Waals surface area contributed by atoms with Crippen molar-refractivity contribution in [3.8, 4) is 11.5 Å². The number of likely N-dealkylation sites (tertiary alicyclic amines) is 1. The Labute approximate surface area is 146 Å². The highest BCUT2D eigenvalue weighted by Gasteiger charge is 2.38. The number of aromatic nitrogens is 2. The molecule has 0 aliphatic carbocycles. The van der Waals surface area contributed by atoms with Crippen molar-refractivity contribution in [2.45, 2.75) is 18.4 Å². The number of nitrogens with zero attached hydrogens (tertiary/aromatic N) is 3. The third kappa shape index (κ3) is 3.19. The summed E-state index contributed by atoms with van der Waals surface area (Å²) in [6.45, 7) is 0.911. The van der Waals surface area contributed by atoms with Crippen molar-refractivity contribution in [2.24, 2.45) is 7.05 Å². The van der Waals surface area contributed by atoms with Gasteiger partial charge >= 0.3 is 0 Å². The molecule has 1 fully saturated rings. The monoisotopic (exact) mass is 345 g/mol. The van der Waals surface area contributed by atoms with Crippen molar-refractivity contribution in [3.63, 3.8) is 0 Å². The van der Waals surface area contributed by atoms with Crippen LogP contribution in [0, 0.1) is 0 Å². The average molecular weight is 345 g/mol. The fraction of sp³-hybridized carbons (Fsp3) is 0.444. The smallest absolute Gasteiger partial charge is 0.257 e. The van der Waals surface area contributed by atoms with Crippen molar-refractivity contribution in [2.75, 3.05) is 27.3 Å². The van der Waals surface area contributed by atoms with Gasteiger partial charge in [0.15, 0.2) is 0 Å². The first kappa shape index (κ1) is 17.3. The molecule has 7 heteroatoms. The standard InChI is InChI=1S/C18H23N3O4/c1-20-11-8-19-17(20)18(23)6-9-21(10-7-18)16(22)14-5-4-13(24-2)12-15(14)25-3/h4-5,8,11-12,23H,6-7,9-10H2,1-3H3. The zero-order valence-electron chi connectivity index (χ0n) is 14.7. The molecule has 1 aromatic heterocycles. The summed E-state index contributed by atoms with van der Waals surface area (Å²) in [5.74, 6) is 1.65. The van der Waals surface area contributed by atoms with Gasteiger partial charge in [0.25, 0.3) is 5.91 Å². The zero-order chi connectivity index (χ0) is 18.0. The zero-order valence-corrected chi connectivity index (χ0v) is 14.7. The molecule has 0 bridgehead atoms. The molecule has 1 aliphatic rings. The highest BCUT2D eigenvalue weighted by Crippen LogP contribution is 2.33. The van der Waals surface area contributed by atoms with Gasteiger partial charge in [-0.05, 0) is 12.1 Å². The van der Waals surface area contributed by atoms with E-state index in [2.05, 4.69) is 4.98 Å². The highest BCUT2D eigenvalue weighted by atomic mass is 16.5. The third-order valence-electron chi connectivity index (χ3n) is 4.75. The van der Waals surface area contributed by atoms with Gasteiger partial charge in [0.05, 0.1) is 19.8 Å². The number of ether oxygens (including phenoxy) is 2. The first-order chi connectivity index (χ1) is 12.0. The van der Waals surface area contributed by atoms with Gasteiger partial charge in [-0.25, -0.2) is 4.98 Å². The molecular formula is C18H23N3O4. The highest BCUT2D eigenvalue weighted by molar-refractivity contribution is 5.97. The Hall–Kier alpha value is -2.54. The van der Waals surface area contributed by atoms with E-state index >= 15 is 0 Å². The molecule has 2 heterocycles. The summed E-state index contributed by atoms with van der Waals surface area (Å²) in [4.78, 5) is 18.8. The quantitative estimate of drug-likeness (QED) is 0.910. The minimum Gasteiger partial charge on any atom is -0.497 e. The maximum atomic E-state index is 12.8. The van der Waals surface area contributed by atoms with Gasteiger partial charge < -0.3 is 24.0 Å². The van der Waals surface area contributed by atoms with E-state index in [4.69, 9.17) is 9.47 Å². The topological polar surface area (TPSA) is 76.8 Å². The van der Waals surface area contributed by atoms with Crippen LogP contribution in [0.5, 0.6) is 11.5 Å². The van der Waals surface area contributed by atoms with E-state index in [1.54, 1.807) is 36.4 Å². The number of carbonyl (C=O) groups excluding carboxylic acids is 1. The number of rotatable bonds is 4. The number of aryl methyl sites for hydroxylation is 1. The maximum absolute atomic E-state index is 12.8. The minimum absolute atomic E-state index is 0.110. The van der Waals surface area contributed by atoms with E-state index in [1.165, 1.54) is 7.11 Å². The van der Waals surface area contributed by atoms with Gasteiger partial charge in [0, 0.05) is 51.4 Å². The molecule has 0 spiro atoms. The molecule has 1 aromatic carbocycles. The number of amides is 1. The molecule has 0 saturated carbocycles. The lowest BCUT2D eigenvalue weighted by Gasteiger charge is -2.37. The molecule has 3 rings (SSSR count). The van der Waals surface area contributed by atoms with Gasteiger partial charge in [0.2, 0.25) is 0 Å². The molecule has 1 saturated heterocycles. The largest absolute Gasteiger partial charge is 0.497 e. The van der Waals surface area contributed by atoms with E-state index in [9.17, 15) is 9.90 Å². The number of hydrogen-bond acceptors (Lipinski definition) is 5. The summed E-state index contributed by atoms with van der Waals surface area (Å²) in [6, 6.07) is 5.14. The van der Waals surface area contributed by atoms with Gasteiger partial charge in [-0.2, -0.15) is 0 Å². The molecular weight excluding hydrogens is 322 g/mol. The molecule has 1 amide bonds. The molecule has 25 heavy (non-hydrogen) atoms. The Morgan fingerprint density at radius 2 is 1.96 bits per heavy atom. The van der Waals surface area contributed by atoms with E-state index in [0.717, 1.165) is 0 Å². The van der Waals surface area contributed by atoms with Gasteiger partial charge in [0.1, 0.15) is 22.9 Å². The van der Waals surface area contributed by atoms with Crippen LogP contribution in [-0.4, -0.2) is 52.8 Å². The van der Waals surface area contributed by atoms with Crippen LogP contribution in [-0.2, 0) is 12.6 Å². The second-order valence-corrected chi connectivity index (χ2v) is 6.25. The fourth-order valence-corrected chi connectivity index (χ4v) is 3.26. The van der Waals surface area contributed by atoms with Crippen molar-refractivity contribution in [1.82, 2.24) is 14.5 Å². The van der Waals surface area contributed by atoms with Crippen LogP contribution in [0.25, 0.3) is 0 Å². The second-order valence-electron chi connectivity index (χ2n) is 6.25. The first-order valence-electron chi connectivity index (χ1n) is 8.20. The van der Waals surface area contributed by atoms with Gasteiger partial charge in [-0.15, -0.1) is 0 Å². The van der Waals surface area contributed by atoms with Crippen molar-refractivity contribution in [3.05, 3.63) is 42.0 Å². The summed E-state index contributed by atoms with van der Waals surface area (Å²) in [6.07, 6.45) is 4.38. The normalized spacial score (nSPS) is 16.6. The van der Waals surface area contributed by atoms with Crippen molar-refractivity contribution in [1.29, 1.82) is 0 Å². The van der Waals surface area contributed by atoms with E-state index in [0.29, 0.717) is 48.8 Å². The fourth-order valence-electron chi connectivity index (χ4n) is 3.26. The Kier molecular flexibility index (Phi) is 4.67. The average Bonchev–Trinajstić information content (AvgIpc) is 3.08. The summed E-state index contributed by atoms with van der Waals surface area (Å²) in [5.41, 5.74) is -0.510. The lowest BCUT2D eigenvalue weighted by Crippen LogP contribution is -2.46. The number of imidazole rings is 1. The van der Waals surface area contributed by atoms with Crippen LogP contribution < -0.4 is 9.47 Å². The number of carbonyl (C=O) groups is 1. The third-order valence-corrected chi connectivity index (χ3v) is 4.75. The van der Waals surface area contributed by atoms with Crippen LogP contribution >= 0.6 is 0 Å². The lowest BCUT2D eigenvalue weighted by molar-refractivity contribution is -0.0298. The van der Waals surface area contributed by atoms with Crippen LogP contribution in [0.1, 0.15) is 29.0 Å². The molecule has 0 unspecified atom stereocenters. The summed E-state index contributed by atoms with van der Waals surface area (Å²) < 4.78 is 12.3.